The van der Waals surface area contributed by atoms with Gasteiger partial charge >= 0.3 is 0 Å². The summed E-state index contributed by atoms with van der Waals surface area (Å²) in [6.07, 6.45) is 2.79. The van der Waals surface area contributed by atoms with Crippen LogP contribution in [0.1, 0.15) is 19.3 Å². The lowest BCUT2D eigenvalue weighted by Crippen LogP contribution is -2.46. The summed E-state index contributed by atoms with van der Waals surface area (Å²) in [7, 11) is 0. The molecule has 0 bridgehead atoms. The van der Waals surface area contributed by atoms with Crippen LogP contribution in [0.2, 0.25) is 5.02 Å². The molecule has 168 valence electrons. The van der Waals surface area contributed by atoms with Crippen LogP contribution in [0.15, 0.2) is 47.4 Å². The van der Waals surface area contributed by atoms with Gasteiger partial charge in [-0.15, -0.1) is 0 Å². The summed E-state index contributed by atoms with van der Waals surface area (Å²) in [5.74, 6) is 0.119. The average molecular weight is 476 g/mol. The van der Waals surface area contributed by atoms with Crippen molar-refractivity contribution < 1.29 is 18.7 Å². The number of hydrogen-bond acceptors (Lipinski definition) is 5. The predicted molar refractivity (Wildman–Crippen MR) is 121 cm³/mol. The van der Waals surface area contributed by atoms with Crippen molar-refractivity contribution in [3.63, 3.8) is 0 Å². The summed E-state index contributed by atoms with van der Waals surface area (Å²) < 4.78 is 18.9. The Balaban J connectivity index is 1.12. The third kappa shape index (κ3) is 4.26. The Morgan fingerprint density at radius 3 is 2.59 bits per heavy atom. The molecule has 2 aliphatic carbocycles. The summed E-state index contributed by atoms with van der Waals surface area (Å²) in [6.45, 7) is -0.202. The molecule has 6 nitrogen and oxygen atoms in total. The molecule has 4 unspecified atom stereocenters. The number of carbonyl (C=O) groups is 2. The molecule has 2 saturated carbocycles. The second-order valence-electron chi connectivity index (χ2n) is 8.43. The van der Waals surface area contributed by atoms with Crippen LogP contribution < -0.4 is 20.7 Å². The smallest absolute Gasteiger partial charge is 0.258 e. The minimum Gasteiger partial charge on any atom is -0.484 e. The maximum absolute atomic E-state index is 13.5. The van der Waals surface area contributed by atoms with Crippen molar-refractivity contribution in [2.45, 2.75) is 41.6 Å². The van der Waals surface area contributed by atoms with Crippen molar-refractivity contribution in [3.8, 4) is 5.75 Å². The average Bonchev–Trinajstić information content (AvgIpc) is 3.27. The highest BCUT2D eigenvalue weighted by Gasteiger charge is 2.50. The summed E-state index contributed by atoms with van der Waals surface area (Å²) in [5, 5.41) is 9.17. The molecule has 0 aromatic heterocycles. The van der Waals surface area contributed by atoms with Crippen molar-refractivity contribution in [1.82, 2.24) is 10.6 Å². The van der Waals surface area contributed by atoms with Gasteiger partial charge in [0.15, 0.2) is 12.0 Å². The monoisotopic (exact) mass is 475 g/mol. The fraction of sp³-hybridized carbons (Fsp3) is 0.391. The first-order valence-corrected chi connectivity index (χ1v) is 11.9. The molecule has 2 amide bonds. The molecule has 2 fully saturated rings. The zero-order valence-corrected chi connectivity index (χ0v) is 18.7. The van der Waals surface area contributed by atoms with Gasteiger partial charge in [0.05, 0.1) is 5.02 Å². The maximum atomic E-state index is 13.5. The zero-order valence-electron chi connectivity index (χ0n) is 17.1. The Bertz CT molecular complexity index is 1030. The van der Waals surface area contributed by atoms with E-state index in [0.29, 0.717) is 18.3 Å². The van der Waals surface area contributed by atoms with Crippen molar-refractivity contribution in [2.75, 3.05) is 11.9 Å². The second-order valence-corrected chi connectivity index (χ2v) is 9.99. The fourth-order valence-electron chi connectivity index (χ4n) is 4.83. The number of benzene rings is 2. The standard InChI is InChI=1S/C23H23ClFN3O3S/c24-15-8-5-12(9-16(15)25)31-11-21(29)26-18-10-19(14-7-6-13(14)18)27-22(30)23-28-17-3-1-2-4-20(17)32-23/h1-5,8-9,13-14,18-19,23,28H,6-7,10-11H2,(H,26,29)(H,27,30)/t13?,14?,18?,19-,23?/m0/s1. The van der Waals surface area contributed by atoms with Gasteiger partial charge in [-0.2, -0.15) is 0 Å². The predicted octanol–water partition coefficient (Wildman–Crippen LogP) is 3.80. The molecular weight excluding hydrogens is 453 g/mol. The Labute approximate surface area is 194 Å². The molecule has 32 heavy (non-hydrogen) atoms. The number of hydrogen-bond donors (Lipinski definition) is 3. The van der Waals surface area contributed by atoms with E-state index >= 15 is 0 Å². The van der Waals surface area contributed by atoms with Crippen LogP contribution in [-0.4, -0.2) is 35.9 Å². The highest BCUT2D eigenvalue weighted by Crippen LogP contribution is 2.47. The molecular formula is C23H23ClFN3O3S. The van der Waals surface area contributed by atoms with Crippen LogP contribution in [0.4, 0.5) is 10.1 Å². The highest BCUT2D eigenvalue weighted by molar-refractivity contribution is 8.01. The molecule has 3 N–H and O–H groups in total. The number of halogens is 2. The third-order valence-corrected chi connectivity index (χ3v) is 8.00. The van der Waals surface area contributed by atoms with E-state index in [1.165, 1.54) is 23.9 Å². The lowest BCUT2D eigenvalue weighted by Gasteiger charge is -2.36. The molecule has 0 spiro atoms. The van der Waals surface area contributed by atoms with Crippen LogP contribution in [0.3, 0.4) is 0 Å². The van der Waals surface area contributed by atoms with Gasteiger partial charge in [0.1, 0.15) is 11.6 Å². The van der Waals surface area contributed by atoms with E-state index in [4.69, 9.17) is 16.3 Å². The van der Waals surface area contributed by atoms with Crippen LogP contribution in [0.5, 0.6) is 5.75 Å². The van der Waals surface area contributed by atoms with Gasteiger partial charge in [-0.25, -0.2) is 4.39 Å². The van der Waals surface area contributed by atoms with E-state index in [9.17, 15) is 14.0 Å². The van der Waals surface area contributed by atoms with E-state index in [-0.39, 0.29) is 46.7 Å². The minimum absolute atomic E-state index is 0.00140. The molecule has 2 aromatic carbocycles. The van der Waals surface area contributed by atoms with Gasteiger partial charge in [-0.05, 0) is 55.4 Å². The van der Waals surface area contributed by atoms with Gasteiger partial charge in [0, 0.05) is 28.7 Å². The molecule has 3 aliphatic rings. The third-order valence-electron chi connectivity index (χ3n) is 6.52. The van der Waals surface area contributed by atoms with Crippen molar-refractivity contribution >= 4 is 40.9 Å². The van der Waals surface area contributed by atoms with Gasteiger partial charge in [0.25, 0.3) is 11.8 Å². The second kappa shape index (κ2) is 8.83. The lowest BCUT2D eigenvalue weighted by atomic mass is 9.73. The van der Waals surface area contributed by atoms with E-state index < -0.39 is 5.82 Å². The van der Waals surface area contributed by atoms with Gasteiger partial charge < -0.3 is 20.7 Å². The summed E-state index contributed by atoms with van der Waals surface area (Å²) in [4.78, 5) is 26.3. The largest absolute Gasteiger partial charge is 0.484 e. The van der Waals surface area contributed by atoms with Crippen LogP contribution in [0.25, 0.3) is 0 Å². The molecule has 2 aromatic rings. The summed E-state index contributed by atoms with van der Waals surface area (Å²) in [5.41, 5.74) is 0.983. The Morgan fingerprint density at radius 1 is 1.12 bits per heavy atom. The minimum atomic E-state index is -0.589. The fourth-order valence-corrected chi connectivity index (χ4v) is 5.98. The van der Waals surface area contributed by atoms with Crippen molar-refractivity contribution in [2.24, 2.45) is 11.8 Å². The Morgan fingerprint density at radius 2 is 1.88 bits per heavy atom. The van der Waals surface area contributed by atoms with Crippen LogP contribution in [0, 0.1) is 17.7 Å². The van der Waals surface area contributed by atoms with E-state index in [0.717, 1.165) is 29.5 Å². The number of rotatable bonds is 6. The number of para-hydroxylation sites is 1. The van der Waals surface area contributed by atoms with Gasteiger partial charge in [-0.3, -0.25) is 9.59 Å². The topological polar surface area (TPSA) is 79.5 Å². The molecule has 0 saturated heterocycles. The summed E-state index contributed by atoms with van der Waals surface area (Å²) >= 11 is 7.18. The SMILES string of the molecule is O=C(COc1ccc(Cl)c(F)c1)NC1C[C@H](NC(=O)C2Nc3ccccc3S2)C2CCC12. The molecule has 1 heterocycles. The molecule has 9 heteroatoms. The first-order chi connectivity index (χ1) is 15.5. The number of ether oxygens (including phenoxy) is 1. The number of amides is 2. The quantitative estimate of drug-likeness (QED) is 0.592. The Kier molecular flexibility index (Phi) is 5.90. The number of carbonyl (C=O) groups excluding carboxylic acids is 2. The lowest BCUT2D eigenvalue weighted by molar-refractivity contribution is -0.124. The normalized spacial score (nSPS) is 27.5. The first kappa shape index (κ1) is 21.4. The van der Waals surface area contributed by atoms with Crippen molar-refractivity contribution in [1.29, 1.82) is 0 Å². The molecule has 5 atom stereocenters. The van der Waals surface area contributed by atoms with E-state index in [1.54, 1.807) is 0 Å². The zero-order chi connectivity index (χ0) is 22.2. The van der Waals surface area contributed by atoms with E-state index in [1.807, 2.05) is 24.3 Å². The molecule has 0 radical (unpaired) electrons. The number of nitrogens with one attached hydrogen (secondary N) is 3. The number of thioether (sulfide) groups is 1. The van der Waals surface area contributed by atoms with Crippen molar-refractivity contribution in [3.05, 3.63) is 53.3 Å². The van der Waals surface area contributed by atoms with Crippen LogP contribution in [-0.2, 0) is 9.59 Å². The highest BCUT2D eigenvalue weighted by atomic mass is 35.5. The Hall–Kier alpha value is -2.45. The molecule has 5 rings (SSSR count). The first-order valence-electron chi connectivity index (χ1n) is 10.7. The van der Waals surface area contributed by atoms with Gasteiger partial charge in [0.2, 0.25) is 0 Å². The van der Waals surface area contributed by atoms with E-state index in [2.05, 4.69) is 16.0 Å². The number of anilines is 1. The summed E-state index contributed by atoms with van der Waals surface area (Å²) in [6, 6.07) is 12.0. The molecule has 1 aliphatic heterocycles. The number of fused-ring (bicyclic) bond motifs is 2. The maximum Gasteiger partial charge on any atom is 0.258 e. The van der Waals surface area contributed by atoms with Gasteiger partial charge in [-0.1, -0.05) is 35.5 Å². The van der Waals surface area contributed by atoms with Crippen LogP contribution >= 0.6 is 23.4 Å².